The minimum absolute atomic E-state index is 0.193. The van der Waals surface area contributed by atoms with Crippen LogP contribution in [0.5, 0.6) is 0 Å². The largest absolute Gasteiger partial charge is 0.328 e. The van der Waals surface area contributed by atoms with Gasteiger partial charge in [0.2, 0.25) is 5.91 Å². The van der Waals surface area contributed by atoms with E-state index in [-0.39, 0.29) is 11.7 Å². The zero-order valence-electron chi connectivity index (χ0n) is 20.7. The first-order valence-corrected chi connectivity index (χ1v) is 12.4. The quantitative estimate of drug-likeness (QED) is 0.387. The van der Waals surface area contributed by atoms with Crippen molar-refractivity contribution >= 4 is 33.8 Å². The van der Waals surface area contributed by atoms with E-state index in [9.17, 15) is 9.59 Å². The lowest BCUT2D eigenvalue weighted by Gasteiger charge is -2.40. The number of fused-ring (bicyclic) bond motifs is 1. The monoisotopic (exact) mass is 480 g/mol. The Morgan fingerprint density at radius 1 is 1.00 bits per heavy atom. The van der Waals surface area contributed by atoms with E-state index in [0.29, 0.717) is 12.8 Å². The molecule has 5 N–H and O–H groups in total. The van der Waals surface area contributed by atoms with E-state index >= 15 is 0 Å². The average molecular weight is 481 g/mol. The molecule has 2 aromatic carbocycles. The fourth-order valence-corrected chi connectivity index (χ4v) is 4.93. The standard InChI is InChI=1S/C27H36N4O2S/c1-26(2,28)31(5)25(33)22(17-21-11-8-14-34-21)27(3,29)24(32)23(30-4)16-18-12-13-19-9-6-7-10-20(19)15-18/h6-15,22-23,30H,16-17,28-29H2,1-5H3/t22-,23-,27?/m1/s1. The van der Waals surface area contributed by atoms with Crippen LogP contribution < -0.4 is 16.8 Å². The fourth-order valence-electron chi connectivity index (χ4n) is 4.18. The zero-order chi connectivity index (χ0) is 25.1. The number of carbonyl (C=O) groups is 2. The molecule has 3 atom stereocenters. The van der Waals surface area contributed by atoms with Crippen molar-refractivity contribution in [3.8, 4) is 0 Å². The summed E-state index contributed by atoms with van der Waals surface area (Å²) in [5.74, 6) is -1.18. The molecular weight excluding hydrogens is 444 g/mol. The molecule has 0 radical (unpaired) electrons. The van der Waals surface area contributed by atoms with Gasteiger partial charge in [-0.25, -0.2) is 0 Å². The molecule has 3 aromatic rings. The van der Waals surface area contributed by atoms with Gasteiger partial charge in [0.05, 0.1) is 23.2 Å². The van der Waals surface area contributed by atoms with Crippen molar-refractivity contribution in [2.45, 2.75) is 50.9 Å². The Kier molecular flexibility index (Phi) is 7.93. The van der Waals surface area contributed by atoms with Crippen molar-refractivity contribution in [1.29, 1.82) is 0 Å². The van der Waals surface area contributed by atoms with Gasteiger partial charge in [-0.05, 0) is 68.4 Å². The second-order valence-corrected chi connectivity index (χ2v) is 10.8. The molecule has 0 spiro atoms. The van der Waals surface area contributed by atoms with Gasteiger partial charge in [0.1, 0.15) is 0 Å². The molecule has 0 aliphatic rings. The molecule has 1 unspecified atom stereocenters. The summed E-state index contributed by atoms with van der Waals surface area (Å²) < 4.78 is 0. The van der Waals surface area contributed by atoms with Crippen molar-refractivity contribution in [3.05, 3.63) is 70.4 Å². The first kappa shape index (κ1) is 26.0. The minimum atomic E-state index is -1.40. The van der Waals surface area contributed by atoms with Gasteiger partial charge in [-0.2, -0.15) is 0 Å². The number of benzene rings is 2. The normalized spacial score (nSPS) is 15.5. The molecule has 0 aliphatic heterocycles. The summed E-state index contributed by atoms with van der Waals surface area (Å²) in [7, 11) is 3.42. The van der Waals surface area contributed by atoms with Gasteiger partial charge in [0.15, 0.2) is 5.78 Å². The molecule has 0 fully saturated rings. The highest BCUT2D eigenvalue weighted by Crippen LogP contribution is 2.28. The predicted molar refractivity (Wildman–Crippen MR) is 141 cm³/mol. The van der Waals surface area contributed by atoms with Crippen LogP contribution >= 0.6 is 11.3 Å². The van der Waals surface area contributed by atoms with Gasteiger partial charge in [-0.15, -0.1) is 11.3 Å². The number of amides is 1. The summed E-state index contributed by atoms with van der Waals surface area (Å²) in [6, 6.07) is 17.7. The summed E-state index contributed by atoms with van der Waals surface area (Å²) in [6.07, 6.45) is 0.854. The first-order chi connectivity index (χ1) is 15.9. The number of likely N-dealkylation sites (N-methyl/N-ethyl adjacent to an activating group) is 1. The Morgan fingerprint density at radius 2 is 1.68 bits per heavy atom. The van der Waals surface area contributed by atoms with Crippen LogP contribution in [0.1, 0.15) is 31.2 Å². The Balaban J connectivity index is 1.90. The van der Waals surface area contributed by atoms with Crippen molar-refractivity contribution in [1.82, 2.24) is 10.2 Å². The molecule has 0 bridgehead atoms. The van der Waals surface area contributed by atoms with Gasteiger partial charge in [-0.3, -0.25) is 9.59 Å². The van der Waals surface area contributed by atoms with E-state index in [1.807, 2.05) is 35.7 Å². The second kappa shape index (κ2) is 10.4. The van der Waals surface area contributed by atoms with E-state index < -0.39 is 23.2 Å². The Hall–Kier alpha value is -2.58. The van der Waals surface area contributed by atoms with E-state index in [4.69, 9.17) is 11.5 Å². The molecule has 7 heteroatoms. The van der Waals surface area contributed by atoms with Crippen LogP contribution in [0.15, 0.2) is 60.0 Å². The van der Waals surface area contributed by atoms with Gasteiger partial charge < -0.3 is 21.7 Å². The van der Waals surface area contributed by atoms with Crippen molar-refractivity contribution in [2.75, 3.05) is 14.1 Å². The SMILES string of the molecule is CN[C@H](Cc1ccc2ccccc2c1)C(=O)C(C)(N)[C@H](Cc1cccs1)C(=O)N(C)C(C)(C)N. The number of ketones is 1. The van der Waals surface area contributed by atoms with Crippen molar-refractivity contribution in [2.24, 2.45) is 17.4 Å². The molecule has 6 nitrogen and oxygen atoms in total. The number of Topliss-reactive ketones (excluding diaryl/α,β-unsaturated/α-hetero) is 1. The highest BCUT2D eigenvalue weighted by molar-refractivity contribution is 7.09. The van der Waals surface area contributed by atoms with Crippen LogP contribution in [-0.4, -0.2) is 47.9 Å². The smallest absolute Gasteiger partial charge is 0.229 e. The minimum Gasteiger partial charge on any atom is -0.328 e. The molecule has 0 aliphatic carbocycles. The molecule has 182 valence electrons. The fraction of sp³-hybridized carbons (Fsp3) is 0.407. The molecule has 0 saturated heterocycles. The van der Waals surface area contributed by atoms with E-state index in [1.54, 1.807) is 46.2 Å². The molecule has 3 rings (SSSR count). The van der Waals surface area contributed by atoms with Crippen LogP contribution in [0.4, 0.5) is 0 Å². The summed E-state index contributed by atoms with van der Waals surface area (Å²) in [6.45, 7) is 5.20. The third-order valence-corrected chi connectivity index (χ3v) is 7.55. The van der Waals surface area contributed by atoms with Gasteiger partial charge in [0, 0.05) is 11.9 Å². The van der Waals surface area contributed by atoms with Crippen molar-refractivity contribution in [3.63, 3.8) is 0 Å². The molecule has 0 saturated carbocycles. The molecular formula is C27H36N4O2S. The number of thiophene rings is 1. The van der Waals surface area contributed by atoms with Crippen molar-refractivity contribution < 1.29 is 9.59 Å². The highest BCUT2D eigenvalue weighted by atomic mass is 32.1. The number of nitrogens with one attached hydrogen (secondary N) is 1. The summed E-state index contributed by atoms with van der Waals surface area (Å²) in [5, 5.41) is 7.37. The lowest BCUT2D eigenvalue weighted by molar-refractivity contribution is -0.145. The summed E-state index contributed by atoms with van der Waals surface area (Å²) in [4.78, 5) is 29.9. The van der Waals surface area contributed by atoms with Crippen LogP contribution in [0, 0.1) is 5.92 Å². The molecule has 1 amide bonds. The molecule has 1 aromatic heterocycles. The maximum absolute atomic E-state index is 13.8. The summed E-state index contributed by atoms with van der Waals surface area (Å²) in [5.41, 5.74) is 11.7. The van der Waals surface area contributed by atoms with Gasteiger partial charge in [-0.1, -0.05) is 48.5 Å². The van der Waals surface area contributed by atoms with E-state index in [0.717, 1.165) is 21.2 Å². The zero-order valence-corrected chi connectivity index (χ0v) is 21.5. The number of rotatable bonds is 10. The van der Waals surface area contributed by atoms with E-state index in [2.05, 4.69) is 29.6 Å². The Labute approximate surface area is 206 Å². The van der Waals surface area contributed by atoms with Gasteiger partial charge >= 0.3 is 0 Å². The number of hydrogen-bond acceptors (Lipinski definition) is 6. The van der Waals surface area contributed by atoms with Crippen LogP contribution in [-0.2, 0) is 22.4 Å². The Bertz CT molecular complexity index is 1130. The second-order valence-electron chi connectivity index (χ2n) is 9.76. The van der Waals surface area contributed by atoms with Crippen LogP contribution in [0.25, 0.3) is 10.8 Å². The Morgan fingerprint density at radius 3 is 2.26 bits per heavy atom. The third-order valence-electron chi connectivity index (χ3n) is 6.65. The van der Waals surface area contributed by atoms with Crippen LogP contribution in [0.3, 0.4) is 0 Å². The topological polar surface area (TPSA) is 101 Å². The number of carbonyl (C=O) groups excluding carboxylic acids is 2. The maximum Gasteiger partial charge on any atom is 0.229 e. The lowest BCUT2D eigenvalue weighted by atomic mass is 9.76. The highest BCUT2D eigenvalue weighted by Gasteiger charge is 2.46. The van der Waals surface area contributed by atoms with E-state index in [1.165, 1.54) is 4.90 Å². The van der Waals surface area contributed by atoms with Crippen LogP contribution in [0.2, 0.25) is 0 Å². The third kappa shape index (κ3) is 5.73. The maximum atomic E-state index is 13.8. The summed E-state index contributed by atoms with van der Waals surface area (Å²) >= 11 is 1.55. The number of nitrogens with two attached hydrogens (primary N) is 2. The molecule has 34 heavy (non-hydrogen) atoms. The first-order valence-electron chi connectivity index (χ1n) is 11.5. The lowest BCUT2D eigenvalue weighted by Crippen LogP contribution is -2.64. The number of nitrogens with zero attached hydrogens (tertiary/aromatic N) is 1. The average Bonchev–Trinajstić information content (AvgIpc) is 3.32. The number of hydrogen-bond donors (Lipinski definition) is 3. The van der Waals surface area contributed by atoms with Gasteiger partial charge in [0.25, 0.3) is 0 Å². The molecule has 1 heterocycles. The predicted octanol–water partition coefficient (Wildman–Crippen LogP) is 3.33.